The molecule has 3 amide bonds. The van der Waals surface area contributed by atoms with Gasteiger partial charge in [0.2, 0.25) is 11.8 Å². The summed E-state index contributed by atoms with van der Waals surface area (Å²) >= 11 is 0. The molecule has 2 fully saturated rings. The molecule has 7 heteroatoms. The lowest BCUT2D eigenvalue weighted by Gasteiger charge is -2.28. The number of hydrogen-bond donors (Lipinski definition) is 1. The summed E-state index contributed by atoms with van der Waals surface area (Å²) in [4.78, 5) is 38.8. The summed E-state index contributed by atoms with van der Waals surface area (Å²) < 4.78 is 5.67. The van der Waals surface area contributed by atoms with Crippen molar-refractivity contribution in [3.63, 3.8) is 0 Å². The third kappa shape index (κ3) is 2.53. The monoisotopic (exact) mass is 295 g/mol. The van der Waals surface area contributed by atoms with E-state index < -0.39 is 17.6 Å². The predicted octanol–water partition coefficient (Wildman–Crippen LogP) is -0.530. The fourth-order valence-corrected chi connectivity index (χ4v) is 3.02. The molecule has 2 aliphatic rings. The number of carbonyl (C=O) groups is 3. The number of nitrogens with two attached hydrogens (primary N) is 1. The Bertz CT molecular complexity index is 491. The molecule has 0 aromatic heterocycles. The topological polar surface area (TPSA) is 92.9 Å². The number of nitrogens with zero attached hydrogens (tertiary/aromatic N) is 2. The standard InChI is InChI=1S/C14H21N3O4/c1-4-10(18)16-6-5-14(7-16)13(20)17(8-21-14)11(9(2)3)12(15)19/h4,9,11H,1,5-8H2,2-3H3,(H2,15,19)/t11-,14+/m0/s1. The first-order chi connectivity index (χ1) is 9.82. The van der Waals surface area contributed by atoms with Gasteiger partial charge < -0.3 is 20.3 Å². The van der Waals surface area contributed by atoms with Gasteiger partial charge in [0.05, 0.1) is 6.54 Å². The number of hydrogen-bond acceptors (Lipinski definition) is 4. The van der Waals surface area contributed by atoms with E-state index in [4.69, 9.17) is 10.5 Å². The molecule has 2 atom stereocenters. The van der Waals surface area contributed by atoms with E-state index in [-0.39, 0.29) is 31.0 Å². The fourth-order valence-electron chi connectivity index (χ4n) is 3.02. The largest absolute Gasteiger partial charge is 0.368 e. The van der Waals surface area contributed by atoms with Gasteiger partial charge in [-0.3, -0.25) is 14.4 Å². The second-order valence-corrected chi connectivity index (χ2v) is 5.85. The van der Waals surface area contributed by atoms with E-state index in [1.54, 1.807) is 0 Å². The molecule has 0 bridgehead atoms. The molecule has 2 aliphatic heterocycles. The van der Waals surface area contributed by atoms with Gasteiger partial charge in [-0.1, -0.05) is 20.4 Å². The number of carbonyl (C=O) groups excluding carboxylic acids is 3. The first-order valence-electron chi connectivity index (χ1n) is 6.98. The van der Waals surface area contributed by atoms with Crippen molar-refractivity contribution < 1.29 is 19.1 Å². The van der Waals surface area contributed by atoms with E-state index in [0.29, 0.717) is 13.0 Å². The lowest BCUT2D eigenvalue weighted by atomic mass is 9.98. The Morgan fingerprint density at radius 1 is 1.48 bits per heavy atom. The van der Waals surface area contributed by atoms with Gasteiger partial charge in [0.25, 0.3) is 5.91 Å². The quantitative estimate of drug-likeness (QED) is 0.706. The van der Waals surface area contributed by atoms with E-state index in [0.717, 1.165) is 0 Å². The van der Waals surface area contributed by atoms with Crippen LogP contribution in [0.3, 0.4) is 0 Å². The second kappa shape index (κ2) is 5.48. The summed E-state index contributed by atoms with van der Waals surface area (Å²) in [5.41, 5.74) is 4.36. The summed E-state index contributed by atoms with van der Waals surface area (Å²) in [6, 6.07) is -0.693. The molecule has 2 heterocycles. The van der Waals surface area contributed by atoms with Gasteiger partial charge in [-0.2, -0.15) is 0 Å². The predicted molar refractivity (Wildman–Crippen MR) is 74.7 cm³/mol. The van der Waals surface area contributed by atoms with Gasteiger partial charge in [-0.05, 0) is 12.0 Å². The van der Waals surface area contributed by atoms with Crippen molar-refractivity contribution >= 4 is 17.7 Å². The maximum absolute atomic E-state index is 12.7. The van der Waals surface area contributed by atoms with E-state index in [2.05, 4.69) is 6.58 Å². The molecule has 2 saturated heterocycles. The average Bonchev–Trinajstić information content (AvgIpc) is 2.97. The maximum atomic E-state index is 12.7. The Labute approximate surface area is 123 Å². The zero-order chi connectivity index (χ0) is 15.8. The van der Waals surface area contributed by atoms with Crippen molar-refractivity contribution in [1.82, 2.24) is 9.80 Å². The van der Waals surface area contributed by atoms with Crippen molar-refractivity contribution in [3.8, 4) is 0 Å². The van der Waals surface area contributed by atoms with E-state index in [1.165, 1.54) is 15.9 Å². The Balaban J connectivity index is 2.17. The molecule has 0 aliphatic carbocycles. The highest BCUT2D eigenvalue weighted by molar-refractivity contribution is 5.94. The number of likely N-dealkylation sites (tertiary alicyclic amines) is 1. The van der Waals surface area contributed by atoms with Crippen LogP contribution in [-0.2, 0) is 19.1 Å². The number of amides is 3. The lowest BCUT2D eigenvalue weighted by Crippen LogP contribution is -2.52. The van der Waals surface area contributed by atoms with Gasteiger partial charge in [-0.25, -0.2) is 0 Å². The third-order valence-corrected chi connectivity index (χ3v) is 4.11. The molecule has 0 saturated carbocycles. The van der Waals surface area contributed by atoms with Crippen LogP contribution < -0.4 is 5.73 Å². The number of primary amides is 1. The van der Waals surface area contributed by atoms with E-state index in [1.807, 2.05) is 13.8 Å². The lowest BCUT2D eigenvalue weighted by molar-refractivity contribution is -0.142. The summed E-state index contributed by atoms with van der Waals surface area (Å²) in [6.07, 6.45) is 1.64. The van der Waals surface area contributed by atoms with Crippen LogP contribution in [0.25, 0.3) is 0 Å². The molecule has 21 heavy (non-hydrogen) atoms. The smallest absolute Gasteiger partial charge is 0.259 e. The van der Waals surface area contributed by atoms with Crippen molar-refractivity contribution in [2.75, 3.05) is 19.8 Å². The summed E-state index contributed by atoms with van der Waals surface area (Å²) in [5, 5.41) is 0. The van der Waals surface area contributed by atoms with E-state index in [9.17, 15) is 14.4 Å². The number of ether oxygens (including phenoxy) is 1. The first kappa shape index (κ1) is 15.5. The zero-order valence-electron chi connectivity index (χ0n) is 12.4. The minimum absolute atomic E-state index is 0.0285. The summed E-state index contributed by atoms with van der Waals surface area (Å²) in [7, 11) is 0. The summed E-state index contributed by atoms with van der Waals surface area (Å²) in [6.45, 7) is 7.76. The molecule has 1 spiro atoms. The van der Waals surface area contributed by atoms with Gasteiger partial charge in [0.1, 0.15) is 12.8 Å². The normalized spacial score (nSPS) is 26.7. The van der Waals surface area contributed by atoms with Crippen LogP contribution in [-0.4, -0.2) is 59.0 Å². The van der Waals surface area contributed by atoms with Crippen LogP contribution in [0.15, 0.2) is 12.7 Å². The molecule has 0 aromatic rings. The second-order valence-electron chi connectivity index (χ2n) is 5.85. The van der Waals surface area contributed by atoms with Crippen LogP contribution in [0.4, 0.5) is 0 Å². The molecule has 7 nitrogen and oxygen atoms in total. The third-order valence-electron chi connectivity index (χ3n) is 4.11. The van der Waals surface area contributed by atoms with Crippen molar-refractivity contribution in [2.24, 2.45) is 11.7 Å². The van der Waals surface area contributed by atoms with Crippen LogP contribution in [0.2, 0.25) is 0 Å². The highest BCUT2D eigenvalue weighted by Gasteiger charge is 2.55. The molecule has 2 rings (SSSR count). The molecule has 2 N–H and O–H groups in total. The fraction of sp³-hybridized carbons (Fsp3) is 0.643. The minimum atomic E-state index is -1.04. The first-order valence-corrected chi connectivity index (χ1v) is 6.98. The molecule has 0 aromatic carbocycles. The molecule has 0 radical (unpaired) electrons. The SMILES string of the molecule is C=CC(=O)N1CC[C@]2(C1)OCN([C@H](C(N)=O)C(C)C)C2=O. The van der Waals surface area contributed by atoms with Gasteiger partial charge in [0, 0.05) is 13.0 Å². The maximum Gasteiger partial charge on any atom is 0.259 e. The van der Waals surface area contributed by atoms with E-state index >= 15 is 0 Å². The van der Waals surface area contributed by atoms with Crippen molar-refractivity contribution in [3.05, 3.63) is 12.7 Å². The molecule has 116 valence electrons. The van der Waals surface area contributed by atoms with Gasteiger partial charge in [-0.15, -0.1) is 0 Å². The van der Waals surface area contributed by atoms with Crippen LogP contribution in [0, 0.1) is 5.92 Å². The summed E-state index contributed by atoms with van der Waals surface area (Å²) in [5.74, 6) is -1.13. The molecular weight excluding hydrogens is 274 g/mol. The highest BCUT2D eigenvalue weighted by Crippen LogP contribution is 2.34. The van der Waals surface area contributed by atoms with Crippen molar-refractivity contribution in [2.45, 2.75) is 31.9 Å². The Morgan fingerprint density at radius 2 is 2.14 bits per heavy atom. The molecule has 0 unspecified atom stereocenters. The zero-order valence-corrected chi connectivity index (χ0v) is 12.4. The Hall–Kier alpha value is -1.89. The van der Waals surface area contributed by atoms with Crippen LogP contribution in [0.1, 0.15) is 20.3 Å². The number of rotatable bonds is 4. The minimum Gasteiger partial charge on any atom is -0.368 e. The van der Waals surface area contributed by atoms with Crippen LogP contribution in [0.5, 0.6) is 0 Å². The highest BCUT2D eigenvalue weighted by atomic mass is 16.5. The molecular formula is C14H21N3O4. The van der Waals surface area contributed by atoms with Gasteiger partial charge in [0.15, 0.2) is 5.60 Å². The Kier molecular flexibility index (Phi) is 4.04. The van der Waals surface area contributed by atoms with Crippen molar-refractivity contribution in [1.29, 1.82) is 0 Å². The average molecular weight is 295 g/mol. The van der Waals surface area contributed by atoms with Crippen LogP contribution >= 0.6 is 0 Å². The van der Waals surface area contributed by atoms with Gasteiger partial charge >= 0.3 is 0 Å². The Morgan fingerprint density at radius 3 is 2.67 bits per heavy atom.